The molecule has 2 aromatic rings. The van der Waals surface area contributed by atoms with Crippen LogP contribution in [0.25, 0.3) is 0 Å². The number of rotatable bonds is 2. The monoisotopic (exact) mass is 234 g/mol. The molecule has 0 aliphatic rings. The molecular weight excluding hydrogens is 224 g/mol. The van der Waals surface area contributed by atoms with Crippen molar-refractivity contribution in [1.82, 2.24) is 10.2 Å². The summed E-state index contributed by atoms with van der Waals surface area (Å²) in [4.78, 5) is 0. The van der Waals surface area contributed by atoms with Crippen molar-refractivity contribution >= 4 is 11.6 Å². The molecule has 0 saturated carbocycles. The van der Waals surface area contributed by atoms with E-state index in [9.17, 15) is 0 Å². The topological polar surface area (TPSA) is 35.0 Å². The maximum Gasteiger partial charge on any atom is 0.238 e. The fourth-order valence-corrected chi connectivity index (χ4v) is 1.39. The predicted molar refractivity (Wildman–Crippen MR) is 63.0 cm³/mol. The third-order valence-electron chi connectivity index (χ3n) is 2.17. The fraction of sp³-hybridized carbons (Fsp3) is 0.167. The first-order valence-corrected chi connectivity index (χ1v) is 5.27. The molecule has 0 atom stereocenters. The minimum Gasteiger partial charge on any atom is -0.437 e. The normalized spacial score (nSPS) is 10.2. The van der Waals surface area contributed by atoms with E-state index in [1.807, 2.05) is 32.0 Å². The van der Waals surface area contributed by atoms with Crippen LogP contribution in [0.2, 0.25) is 5.15 Å². The summed E-state index contributed by atoms with van der Waals surface area (Å²) < 4.78 is 5.61. The molecule has 1 aromatic heterocycles. The third-order valence-corrected chi connectivity index (χ3v) is 2.37. The van der Waals surface area contributed by atoms with Crippen LogP contribution in [0.1, 0.15) is 11.1 Å². The molecule has 0 aliphatic carbocycles. The van der Waals surface area contributed by atoms with Gasteiger partial charge in [0, 0.05) is 6.07 Å². The molecule has 3 nitrogen and oxygen atoms in total. The Morgan fingerprint density at radius 3 is 2.56 bits per heavy atom. The van der Waals surface area contributed by atoms with Crippen LogP contribution in [0, 0.1) is 13.8 Å². The predicted octanol–water partition coefficient (Wildman–Crippen LogP) is 3.54. The summed E-state index contributed by atoms with van der Waals surface area (Å²) >= 11 is 5.64. The number of aromatic nitrogens is 2. The molecule has 82 valence electrons. The van der Waals surface area contributed by atoms with Crippen LogP contribution >= 0.6 is 11.6 Å². The molecular formula is C12H11ClN2O. The van der Waals surface area contributed by atoms with Crippen LogP contribution in [-0.2, 0) is 0 Å². The Balaban J connectivity index is 2.26. The highest BCUT2D eigenvalue weighted by Gasteiger charge is 2.03. The van der Waals surface area contributed by atoms with Gasteiger partial charge in [0.15, 0.2) is 5.15 Å². The van der Waals surface area contributed by atoms with Crippen LogP contribution in [0.4, 0.5) is 0 Å². The Bertz CT molecular complexity index is 497. The lowest BCUT2D eigenvalue weighted by Gasteiger charge is -2.07. The first-order chi connectivity index (χ1) is 7.65. The van der Waals surface area contributed by atoms with E-state index in [-0.39, 0.29) is 0 Å². The van der Waals surface area contributed by atoms with E-state index in [2.05, 4.69) is 10.2 Å². The second-order valence-electron chi connectivity index (χ2n) is 3.57. The molecule has 0 bridgehead atoms. The number of hydrogen-bond donors (Lipinski definition) is 0. The smallest absolute Gasteiger partial charge is 0.238 e. The van der Waals surface area contributed by atoms with E-state index in [0.29, 0.717) is 11.0 Å². The van der Waals surface area contributed by atoms with Gasteiger partial charge in [0.25, 0.3) is 0 Å². The summed E-state index contributed by atoms with van der Waals surface area (Å²) in [5.41, 5.74) is 2.20. The molecule has 4 heteroatoms. The second-order valence-corrected chi connectivity index (χ2v) is 3.95. The summed E-state index contributed by atoms with van der Waals surface area (Å²) in [6, 6.07) is 9.35. The zero-order valence-corrected chi connectivity index (χ0v) is 9.82. The summed E-state index contributed by atoms with van der Waals surface area (Å²) in [7, 11) is 0. The Morgan fingerprint density at radius 1 is 1.06 bits per heavy atom. The summed E-state index contributed by atoms with van der Waals surface area (Å²) in [6.45, 7) is 4.00. The molecule has 0 aliphatic heterocycles. The number of nitrogens with zero attached hydrogens (tertiary/aromatic N) is 2. The molecule has 0 amide bonds. The quantitative estimate of drug-likeness (QED) is 0.797. The molecule has 2 rings (SSSR count). The van der Waals surface area contributed by atoms with Gasteiger partial charge in [-0.1, -0.05) is 23.7 Å². The Kier molecular flexibility index (Phi) is 3.06. The Labute approximate surface area is 99.0 Å². The van der Waals surface area contributed by atoms with E-state index in [1.54, 1.807) is 12.1 Å². The van der Waals surface area contributed by atoms with Gasteiger partial charge in [-0.05, 0) is 37.1 Å². The number of hydrogen-bond acceptors (Lipinski definition) is 3. The molecule has 0 saturated heterocycles. The number of aryl methyl sites for hydroxylation is 2. The van der Waals surface area contributed by atoms with Crippen molar-refractivity contribution in [3.63, 3.8) is 0 Å². The van der Waals surface area contributed by atoms with Gasteiger partial charge < -0.3 is 4.74 Å². The van der Waals surface area contributed by atoms with Crippen LogP contribution < -0.4 is 4.74 Å². The minimum atomic E-state index is 0.355. The third kappa shape index (κ3) is 2.49. The van der Waals surface area contributed by atoms with Gasteiger partial charge in [-0.25, -0.2) is 0 Å². The largest absolute Gasteiger partial charge is 0.437 e. The van der Waals surface area contributed by atoms with Crippen LogP contribution in [-0.4, -0.2) is 10.2 Å². The summed E-state index contributed by atoms with van der Waals surface area (Å²) in [6.07, 6.45) is 0. The molecule has 0 N–H and O–H groups in total. The van der Waals surface area contributed by atoms with Crippen molar-refractivity contribution < 1.29 is 4.74 Å². The summed E-state index contributed by atoms with van der Waals surface area (Å²) in [5.74, 6) is 1.23. The highest BCUT2D eigenvalue weighted by molar-refractivity contribution is 6.29. The zero-order valence-electron chi connectivity index (χ0n) is 9.07. The van der Waals surface area contributed by atoms with Crippen LogP contribution in [0.15, 0.2) is 30.3 Å². The van der Waals surface area contributed by atoms with Crippen molar-refractivity contribution in [3.05, 3.63) is 46.6 Å². The Morgan fingerprint density at radius 2 is 1.88 bits per heavy atom. The maximum atomic E-state index is 5.64. The highest BCUT2D eigenvalue weighted by atomic mass is 35.5. The first-order valence-electron chi connectivity index (χ1n) is 4.89. The average Bonchev–Trinajstić information content (AvgIpc) is 2.27. The lowest BCUT2D eigenvalue weighted by Crippen LogP contribution is -1.92. The average molecular weight is 235 g/mol. The minimum absolute atomic E-state index is 0.355. The van der Waals surface area contributed by atoms with Gasteiger partial charge in [-0.3, -0.25) is 0 Å². The van der Waals surface area contributed by atoms with Crippen molar-refractivity contribution in [3.8, 4) is 11.6 Å². The SMILES string of the molecule is Cc1ccc(C)c(Oc2ccc(Cl)nn2)c1. The van der Waals surface area contributed by atoms with E-state index in [1.165, 1.54) is 0 Å². The Hall–Kier alpha value is -1.61. The lowest BCUT2D eigenvalue weighted by atomic mass is 10.1. The van der Waals surface area contributed by atoms with Crippen LogP contribution in [0.5, 0.6) is 11.6 Å². The van der Waals surface area contributed by atoms with E-state index >= 15 is 0 Å². The van der Waals surface area contributed by atoms with Crippen molar-refractivity contribution in [2.45, 2.75) is 13.8 Å². The molecule has 16 heavy (non-hydrogen) atoms. The van der Waals surface area contributed by atoms with Gasteiger partial charge >= 0.3 is 0 Å². The zero-order chi connectivity index (χ0) is 11.5. The van der Waals surface area contributed by atoms with Crippen molar-refractivity contribution in [2.75, 3.05) is 0 Å². The first kappa shape index (κ1) is 10.9. The molecule has 0 spiro atoms. The van der Waals surface area contributed by atoms with E-state index in [0.717, 1.165) is 16.9 Å². The molecule has 0 fully saturated rings. The fourth-order valence-electron chi connectivity index (χ4n) is 1.29. The number of benzene rings is 1. The highest BCUT2D eigenvalue weighted by Crippen LogP contribution is 2.24. The van der Waals surface area contributed by atoms with Gasteiger partial charge in [-0.2, -0.15) is 0 Å². The van der Waals surface area contributed by atoms with Crippen molar-refractivity contribution in [1.29, 1.82) is 0 Å². The molecule has 1 heterocycles. The van der Waals surface area contributed by atoms with Gasteiger partial charge in [0.1, 0.15) is 5.75 Å². The van der Waals surface area contributed by atoms with Crippen LogP contribution in [0.3, 0.4) is 0 Å². The second kappa shape index (κ2) is 4.49. The van der Waals surface area contributed by atoms with Crippen molar-refractivity contribution in [2.24, 2.45) is 0 Å². The van der Waals surface area contributed by atoms with Gasteiger partial charge in [0.05, 0.1) is 0 Å². The summed E-state index contributed by atoms with van der Waals surface area (Å²) in [5, 5.41) is 7.91. The van der Waals surface area contributed by atoms with E-state index in [4.69, 9.17) is 16.3 Å². The maximum absolute atomic E-state index is 5.64. The number of halogens is 1. The number of ether oxygens (including phenoxy) is 1. The lowest BCUT2D eigenvalue weighted by molar-refractivity contribution is 0.451. The molecule has 1 aromatic carbocycles. The van der Waals surface area contributed by atoms with Gasteiger partial charge in [-0.15, -0.1) is 10.2 Å². The molecule has 0 radical (unpaired) electrons. The standard InChI is InChI=1S/C12H11ClN2O/c1-8-3-4-9(2)10(7-8)16-12-6-5-11(13)14-15-12/h3-7H,1-2H3. The molecule has 0 unspecified atom stereocenters. The van der Waals surface area contributed by atoms with E-state index < -0.39 is 0 Å². The van der Waals surface area contributed by atoms with Gasteiger partial charge in [0.2, 0.25) is 5.88 Å².